The molecule has 0 aliphatic carbocycles. The third-order valence-electron chi connectivity index (χ3n) is 2.44. The summed E-state index contributed by atoms with van der Waals surface area (Å²) in [5.74, 6) is -0.581. The van der Waals surface area contributed by atoms with Crippen LogP contribution >= 0.6 is 0 Å². The third-order valence-corrected chi connectivity index (χ3v) is 2.44. The van der Waals surface area contributed by atoms with E-state index in [1.807, 2.05) is 37.3 Å². The van der Waals surface area contributed by atoms with Crippen molar-refractivity contribution in [2.75, 3.05) is 7.11 Å². The summed E-state index contributed by atoms with van der Waals surface area (Å²) >= 11 is 0. The van der Waals surface area contributed by atoms with Crippen molar-refractivity contribution >= 4 is 11.9 Å². The Labute approximate surface area is 101 Å². The number of ether oxygens (including phenoxy) is 1. The topological polar surface area (TPSA) is 55.4 Å². The predicted octanol–water partition coefficient (Wildman–Crippen LogP) is 1.30. The molecule has 0 bridgehead atoms. The Morgan fingerprint density at radius 3 is 2.47 bits per heavy atom. The fourth-order valence-electron chi connectivity index (χ4n) is 1.50. The van der Waals surface area contributed by atoms with Crippen molar-refractivity contribution in [2.45, 2.75) is 25.8 Å². The fraction of sp³-hybridized carbons (Fsp3) is 0.385. The summed E-state index contributed by atoms with van der Waals surface area (Å²) in [6.07, 6.45) is 0.793. The van der Waals surface area contributed by atoms with E-state index in [0.717, 1.165) is 5.56 Å². The number of carbonyl (C=O) groups is 2. The quantitative estimate of drug-likeness (QED) is 0.782. The summed E-state index contributed by atoms with van der Waals surface area (Å²) in [5.41, 5.74) is 0.921. The van der Waals surface area contributed by atoms with E-state index in [1.54, 1.807) is 0 Å². The summed E-state index contributed by atoms with van der Waals surface area (Å²) in [7, 11) is 1.31. The molecule has 0 aliphatic rings. The molecule has 0 radical (unpaired) electrons. The minimum atomic E-state index is -0.559. The third kappa shape index (κ3) is 4.26. The van der Waals surface area contributed by atoms with Crippen LogP contribution in [-0.4, -0.2) is 25.0 Å². The van der Waals surface area contributed by atoms with Crippen molar-refractivity contribution in [1.82, 2.24) is 5.32 Å². The molecule has 0 saturated carbocycles. The highest BCUT2D eigenvalue weighted by Gasteiger charge is 2.18. The zero-order valence-corrected chi connectivity index (χ0v) is 10.1. The lowest BCUT2D eigenvalue weighted by molar-refractivity contribution is -0.145. The summed E-state index contributed by atoms with van der Waals surface area (Å²) in [4.78, 5) is 23.0. The maximum Gasteiger partial charge on any atom is 0.328 e. The predicted molar refractivity (Wildman–Crippen MR) is 64.4 cm³/mol. The van der Waals surface area contributed by atoms with Crippen LogP contribution in [0.1, 0.15) is 18.9 Å². The molecule has 17 heavy (non-hydrogen) atoms. The number of esters is 1. The van der Waals surface area contributed by atoms with E-state index >= 15 is 0 Å². The van der Waals surface area contributed by atoms with Gasteiger partial charge < -0.3 is 10.1 Å². The van der Waals surface area contributed by atoms with E-state index in [0.29, 0.717) is 6.42 Å². The van der Waals surface area contributed by atoms with Gasteiger partial charge in [0.25, 0.3) is 0 Å². The van der Waals surface area contributed by atoms with Crippen LogP contribution in [0.15, 0.2) is 30.3 Å². The molecule has 92 valence electrons. The van der Waals surface area contributed by atoms with Gasteiger partial charge in [-0.25, -0.2) is 4.79 Å². The van der Waals surface area contributed by atoms with Crippen molar-refractivity contribution in [3.63, 3.8) is 0 Å². The first kappa shape index (κ1) is 13.2. The minimum absolute atomic E-state index is 0.173. The summed E-state index contributed by atoms with van der Waals surface area (Å²) in [5, 5.41) is 2.65. The number of nitrogens with one attached hydrogen (secondary N) is 1. The van der Waals surface area contributed by atoms with Crippen LogP contribution in [0, 0.1) is 0 Å². The number of rotatable bonds is 5. The van der Waals surface area contributed by atoms with E-state index < -0.39 is 12.0 Å². The van der Waals surface area contributed by atoms with Crippen LogP contribution < -0.4 is 5.32 Å². The highest BCUT2D eigenvalue weighted by molar-refractivity contribution is 5.85. The molecule has 4 nitrogen and oxygen atoms in total. The minimum Gasteiger partial charge on any atom is -0.467 e. The fourth-order valence-corrected chi connectivity index (χ4v) is 1.50. The van der Waals surface area contributed by atoms with Crippen LogP contribution in [0.4, 0.5) is 0 Å². The Bertz CT molecular complexity index is 376. The molecule has 1 amide bonds. The molecule has 0 unspecified atom stereocenters. The maximum atomic E-state index is 11.7. The summed E-state index contributed by atoms with van der Waals surface area (Å²) < 4.78 is 4.60. The monoisotopic (exact) mass is 235 g/mol. The van der Waals surface area contributed by atoms with Gasteiger partial charge in [-0.15, -0.1) is 0 Å². The highest BCUT2D eigenvalue weighted by Crippen LogP contribution is 2.01. The molecule has 0 fully saturated rings. The number of hydrogen-bond donors (Lipinski definition) is 1. The van der Waals surface area contributed by atoms with Gasteiger partial charge in [-0.05, 0) is 12.0 Å². The molecule has 1 aromatic carbocycles. The van der Waals surface area contributed by atoms with Crippen molar-refractivity contribution in [1.29, 1.82) is 0 Å². The molecule has 4 heteroatoms. The van der Waals surface area contributed by atoms with Crippen LogP contribution in [0.25, 0.3) is 0 Å². The zero-order valence-electron chi connectivity index (χ0n) is 10.1. The molecule has 0 saturated heterocycles. The molecule has 1 atom stereocenters. The number of hydrogen-bond acceptors (Lipinski definition) is 3. The molecule has 1 rings (SSSR count). The van der Waals surface area contributed by atoms with E-state index in [1.165, 1.54) is 7.11 Å². The molecule has 1 aromatic rings. The Morgan fingerprint density at radius 1 is 1.29 bits per heavy atom. The highest BCUT2D eigenvalue weighted by atomic mass is 16.5. The first-order valence-corrected chi connectivity index (χ1v) is 5.58. The second-order valence-corrected chi connectivity index (χ2v) is 3.71. The SMILES string of the molecule is CC[C@H](NC(=O)Cc1ccccc1)C(=O)OC. The van der Waals surface area contributed by atoms with Gasteiger partial charge >= 0.3 is 5.97 Å². The van der Waals surface area contributed by atoms with Gasteiger partial charge in [-0.1, -0.05) is 37.3 Å². The summed E-state index contributed by atoms with van der Waals surface area (Å²) in [6.45, 7) is 1.82. The Kier molecular flexibility index (Phi) is 5.20. The van der Waals surface area contributed by atoms with Gasteiger partial charge in [0.05, 0.1) is 13.5 Å². The van der Waals surface area contributed by atoms with Crippen molar-refractivity contribution in [3.8, 4) is 0 Å². The average Bonchev–Trinajstić information content (AvgIpc) is 2.36. The molecule has 0 aliphatic heterocycles. The smallest absolute Gasteiger partial charge is 0.328 e. The number of amides is 1. The molecule has 0 spiro atoms. The standard InChI is InChI=1S/C13H17NO3/c1-3-11(13(16)17-2)14-12(15)9-10-7-5-4-6-8-10/h4-8,11H,3,9H2,1-2H3,(H,14,15)/t11-/m0/s1. The molecule has 0 heterocycles. The van der Waals surface area contributed by atoms with Gasteiger partial charge in [0.2, 0.25) is 5.91 Å². The molecule has 0 aromatic heterocycles. The largest absolute Gasteiger partial charge is 0.467 e. The second-order valence-electron chi connectivity index (χ2n) is 3.71. The van der Waals surface area contributed by atoms with Crippen LogP contribution in [-0.2, 0) is 20.7 Å². The number of methoxy groups -OCH3 is 1. The van der Waals surface area contributed by atoms with Crippen LogP contribution in [0.2, 0.25) is 0 Å². The Hall–Kier alpha value is -1.84. The lowest BCUT2D eigenvalue weighted by atomic mass is 10.1. The normalized spacial score (nSPS) is 11.6. The van der Waals surface area contributed by atoms with E-state index in [9.17, 15) is 9.59 Å². The van der Waals surface area contributed by atoms with E-state index in [4.69, 9.17) is 0 Å². The maximum absolute atomic E-state index is 11.7. The van der Waals surface area contributed by atoms with Gasteiger partial charge in [-0.3, -0.25) is 4.79 Å². The molecular weight excluding hydrogens is 218 g/mol. The van der Waals surface area contributed by atoms with Gasteiger partial charge in [0.1, 0.15) is 6.04 Å². The van der Waals surface area contributed by atoms with E-state index in [2.05, 4.69) is 10.1 Å². The van der Waals surface area contributed by atoms with Crippen LogP contribution in [0.3, 0.4) is 0 Å². The van der Waals surface area contributed by atoms with Gasteiger partial charge in [0.15, 0.2) is 0 Å². The number of carbonyl (C=O) groups excluding carboxylic acids is 2. The first-order valence-electron chi connectivity index (χ1n) is 5.58. The first-order chi connectivity index (χ1) is 8.17. The van der Waals surface area contributed by atoms with Crippen molar-refractivity contribution in [2.24, 2.45) is 0 Å². The van der Waals surface area contributed by atoms with Crippen molar-refractivity contribution < 1.29 is 14.3 Å². The lowest BCUT2D eigenvalue weighted by Gasteiger charge is -2.14. The average molecular weight is 235 g/mol. The van der Waals surface area contributed by atoms with Gasteiger partial charge in [0, 0.05) is 0 Å². The Morgan fingerprint density at radius 2 is 1.94 bits per heavy atom. The van der Waals surface area contributed by atoms with E-state index in [-0.39, 0.29) is 12.3 Å². The Balaban J connectivity index is 2.51. The lowest BCUT2D eigenvalue weighted by Crippen LogP contribution is -2.41. The molecule has 1 N–H and O–H groups in total. The van der Waals surface area contributed by atoms with Crippen LogP contribution in [0.5, 0.6) is 0 Å². The zero-order chi connectivity index (χ0) is 12.7. The second kappa shape index (κ2) is 6.68. The van der Waals surface area contributed by atoms with Gasteiger partial charge in [-0.2, -0.15) is 0 Å². The number of benzene rings is 1. The summed E-state index contributed by atoms with van der Waals surface area (Å²) in [6, 6.07) is 8.83. The molecular formula is C13H17NO3. The van der Waals surface area contributed by atoms with Crippen molar-refractivity contribution in [3.05, 3.63) is 35.9 Å².